The maximum Gasteiger partial charge on any atom is 0.0830 e. The highest BCUT2D eigenvalue weighted by atomic mass is 16.5. The van der Waals surface area contributed by atoms with Crippen molar-refractivity contribution in [3.05, 3.63) is 41.2 Å². The van der Waals surface area contributed by atoms with Gasteiger partial charge in [-0.25, -0.2) is 0 Å². The van der Waals surface area contributed by atoms with E-state index in [-0.39, 0.29) is 0 Å². The Morgan fingerprint density at radius 2 is 1.75 bits per heavy atom. The lowest BCUT2D eigenvalue weighted by molar-refractivity contribution is 0.341. The zero-order chi connectivity index (χ0) is 8.97. The molecule has 1 heteroatoms. The Bertz CT molecular complexity index is 267. The van der Waals surface area contributed by atoms with Crippen LogP contribution in [0, 0.1) is 13.8 Å². The van der Waals surface area contributed by atoms with Gasteiger partial charge in [0.25, 0.3) is 0 Å². The minimum Gasteiger partial charge on any atom is -0.504 e. The minimum atomic E-state index is 1.25. The fourth-order valence-corrected chi connectivity index (χ4v) is 1.23. The molecule has 1 aromatic carbocycles. The molecule has 1 rings (SSSR count). The fraction of sp³-hybridized carbons (Fsp3) is 0.273. The lowest BCUT2D eigenvalue weighted by Crippen LogP contribution is -1.84. The highest BCUT2D eigenvalue weighted by Gasteiger charge is 1.96. The molecule has 0 N–H and O–H groups in total. The number of rotatable bonds is 2. The van der Waals surface area contributed by atoms with Crippen molar-refractivity contribution in [1.82, 2.24) is 0 Å². The van der Waals surface area contributed by atoms with Crippen LogP contribution in [0.2, 0.25) is 0 Å². The van der Waals surface area contributed by atoms with Gasteiger partial charge in [0.15, 0.2) is 0 Å². The summed E-state index contributed by atoms with van der Waals surface area (Å²) in [5.41, 5.74) is 3.81. The summed E-state index contributed by atoms with van der Waals surface area (Å²) in [6, 6.07) is 6.26. The Labute approximate surface area is 73.7 Å². The summed E-state index contributed by atoms with van der Waals surface area (Å²) in [7, 11) is 1.66. The van der Waals surface area contributed by atoms with Gasteiger partial charge in [0.2, 0.25) is 0 Å². The lowest BCUT2D eigenvalue weighted by Gasteiger charge is -2.03. The highest BCUT2D eigenvalue weighted by molar-refractivity contribution is 5.56. The second-order valence-electron chi connectivity index (χ2n) is 2.84. The van der Waals surface area contributed by atoms with Crippen molar-refractivity contribution in [1.29, 1.82) is 0 Å². The predicted octanol–water partition coefficient (Wildman–Crippen LogP) is 2.92. The zero-order valence-corrected chi connectivity index (χ0v) is 7.79. The SMILES string of the molecule is CO/C=C/c1c(C)cccc1C. The molecule has 1 nitrogen and oxygen atoms in total. The van der Waals surface area contributed by atoms with Crippen LogP contribution in [0.5, 0.6) is 0 Å². The molecule has 0 aliphatic heterocycles. The normalized spacial score (nSPS) is 10.6. The molecule has 0 aliphatic rings. The first-order chi connectivity index (χ1) is 5.75. The van der Waals surface area contributed by atoms with Crippen LogP contribution in [-0.2, 0) is 4.74 Å². The van der Waals surface area contributed by atoms with Gasteiger partial charge in [-0.2, -0.15) is 0 Å². The summed E-state index contributed by atoms with van der Waals surface area (Å²) in [5, 5.41) is 0. The minimum absolute atomic E-state index is 1.25. The smallest absolute Gasteiger partial charge is 0.0830 e. The summed E-state index contributed by atoms with van der Waals surface area (Å²) >= 11 is 0. The predicted molar refractivity (Wildman–Crippen MR) is 52.0 cm³/mol. The Morgan fingerprint density at radius 1 is 1.17 bits per heavy atom. The topological polar surface area (TPSA) is 9.23 Å². The average molecular weight is 162 g/mol. The summed E-state index contributed by atoms with van der Waals surface area (Å²) < 4.78 is 4.88. The number of ether oxygens (including phenoxy) is 1. The largest absolute Gasteiger partial charge is 0.504 e. The van der Waals surface area contributed by atoms with Crippen LogP contribution >= 0.6 is 0 Å². The summed E-state index contributed by atoms with van der Waals surface area (Å²) in [4.78, 5) is 0. The fourth-order valence-electron chi connectivity index (χ4n) is 1.23. The molecular formula is C11H14O. The molecule has 0 aromatic heterocycles. The van der Waals surface area contributed by atoms with E-state index in [0.717, 1.165) is 0 Å². The van der Waals surface area contributed by atoms with Crippen molar-refractivity contribution in [2.45, 2.75) is 13.8 Å². The quantitative estimate of drug-likeness (QED) is 0.607. The molecule has 12 heavy (non-hydrogen) atoms. The van der Waals surface area contributed by atoms with Crippen LogP contribution in [0.4, 0.5) is 0 Å². The number of benzene rings is 1. The average Bonchev–Trinajstić information content (AvgIpc) is 2.04. The van der Waals surface area contributed by atoms with Gasteiger partial charge in [0, 0.05) is 0 Å². The van der Waals surface area contributed by atoms with Crippen LogP contribution < -0.4 is 0 Å². The molecule has 0 heterocycles. The molecule has 0 unspecified atom stereocenters. The van der Waals surface area contributed by atoms with Gasteiger partial charge in [-0.05, 0) is 36.6 Å². The monoisotopic (exact) mass is 162 g/mol. The third kappa shape index (κ3) is 1.88. The van der Waals surface area contributed by atoms with Crippen molar-refractivity contribution in [2.75, 3.05) is 7.11 Å². The zero-order valence-electron chi connectivity index (χ0n) is 7.79. The molecule has 0 spiro atoms. The molecule has 0 saturated heterocycles. The Morgan fingerprint density at radius 3 is 2.25 bits per heavy atom. The third-order valence-corrected chi connectivity index (χ3v) is 1.91. The van der Waals surface area contributed by atoms with Crippen molar-refractivity contribution in [3.63, 3.8) is 0 Å². The van der Waals surface area contributed by atoms with E-state index in [1.165, 1.54) is 16.7 Å². The van der Waals surface area contributed by atoms with Gasteiger partial charge >= 0.3 is 0 Å². The molecular weight excluding hydrogens is 148 g/mol. The third-order valence-electron chi connectivity index (χ3n) is 1.91. The first-order valence-electron chi connectivity index (χ1n) is 4.01. The van der Waals surface area contributed by atoms with Crippen LogP contribution in [0.25, 0.3) is 6.08 Å². The summed E-state index contributed by atoms with van der Waals surface area (Å²) in [5.74, 6) is 0. The second-order valence-corrected chi connectivity index (χ2v) is 2.84. The maximum absolute atomic E-state index is 4.88. The van der Waals surface area contributed by atoms with Crippen LogP contribution in [0.15, 0.2) is 24.5 Å². The van der Waals surface area contributed by atoms with E-state index < -0.39 is 0 Å². The second kappa shape index (κ2) is 3.96. The lowest BCUT2D eigenvalue weighted by atomic mass is 10.0. The first kappa shape index (κ1) is 8.85. The van der Waals surface area contributed by atoms with Crippen LogP contribution in [-0.4, -0.2) is 7.11 Å². The van der Waals surface area contributed by atoms with E-state index in [2.05, 4.69) is 32.0 Å². The maximum atomic E-state index is 4.88. The van der Waals surface area contributed by atoms with E-state index in [9.17, 15) is 0 Å². The number of methoxy groups -OCH3 is 1. The standard InChI is InChI=1S/C11H14O/c1-9-5-4-6-10(2)11(9)7-8-12-3/h4-8H,1-3H3/b8-7+. The van der Waals surface area contributed by atoms with Crippen molar-refractivity contribution in [3.8, 4) is 0 Å². The van der Waals surface area contributed by atoms with E-state index >= 15 is 0 Å². The number of aryl methyl sites for hydroxylation is 2. The molecule has 0 fully saturated rings. The van der Waals surface area contributed by atoms with E-state index in [0.29, 0.717) is 0 Å². The molecule has 64 valence electrons. The highest BCUT2D eigenvalue weighted by Crippen LogP contribution is 2.14. The van der Waals surface area contributed by atoms with Gasteiger partial charge in [-0.1, -0.05) is 18.2 Å². The van der Waals surface area contributed by atoms with Gasteiger partial charge in [-0.3, -0.25) is 0 Å². The van der Waals surface area contributed by atoms with Crippen molar-refractivity contribution >= 4 is 6.08 Å². The van der Waals surface area contributed by atoms with Crippen molar-refractivity contribution in [2.24, 2.45) is 0 Å². The number of hydrogen-bond donors (Lipinski definition) is 0. The van der Waals surface area contributed by atoms with E-state index in [4.69, 9.17) is 4.74 Å². The van der Waals surface area contributed by atoms with Gasteiger partial charge < -0.3 is 4.74 Å². The Balaban J connectivity index is 3.04. The van der Waals surface area contributed by atoms with Crippen molar-refractivity contribution < 1.29 is 4.74 Å². The summed E-state index contributed by atoms with van der Waals surface area (Å²) in [6.07, 6.45) is 3.69. The van der Waals surface area contributed by atoms with Gasteiger partial charge in [0.1, 0.15) is 0 Å². The molecule has 0 aliphatic carbocycles. The molecule has 0 amide bonds. The first-order valence-corrected chi connectivity index (χ1v) is 4.01. The summed E-state index contributed by atoms with van der Waals surface area (Å²) in [6.45, 7) is 4.20. The van der Waals surface area contributed by atoms with Gasteiger partial charge in [0.05, 0.1) is 13.4 Å². The molecule has 0 bridgehead atoms. The van der Waals surface area contributed by atoms with Crippen LogP contribution in [0.1, 0.15) is 16.7 Å². The molecule has 0 saturated carbocycles. The van der Waals surface area contributed by atoms with Crippen LogP contribution in [0.3, 0.4) is 0 Å². The molecule has 1 aromatic rings. The molecule has 0 radical (unpaired) electrons. The Kier molecular flexibility index (Phi) is 2.92. The molecule has 0 atom stereocenters. The Hall–Kier alpha value is -1.24. The number of hydrogen-bond acceptors (Lipinski definition) is 1. The van der Waals surface area contributed by atoms with E-state index in [1.807, 2.05) is 6.08 Å². The van der Waals surface area contributed by atoms with E-state index in [1.54, 1.807) is 13.4 Å². The van der Waals surface area contributed by atoms with Gasteiger partial charge in [-0.15, -0.1) is 0 Å².